The zero-order valence-electron chi connectivity index (χ0n) is 18.9. The summed E-state index contributed by atoms with van der Waals surface area (Å²) in [6.07, 6.45) is 7.82. The van der Waals surface area contributed by atoms with Crippen molar-refractivity contribution in [1.82, 2.24) is 20.4 Å². The molecule has 4 rings (SSSR count). The summed E-state index contributed by atoms with van der Waals surface area (Å²) in [5, 5.41) is 6.72. The van der Waals surface area contributed by atoms with Crippen LogP contribution in [0.15, 0.2) is 17.1 Å². The minimum atomic E-state index is -0.113. The van der Waals surface area contributed by atoms with E-state index in [1.54, 1.807) is 7.05 Å². The number of carbonyl (C=O) groups is 2. The largest absolute Gasteiger partial charge is 0.355 e. The zero-order chi connectivity index (χ0) is 21.5. The Bertz CT molecular complexity index is 716. The van der Waals surface area contributed by atoms with Gasteiger partial charge in [-0.3, -0.25) is 24.4 Å². The molecule has 2 aliphatic carbocycles. The second-order valence-corrected chi connectivity index (χ2v) is 10.2. The number of nitrogens with one attached hydrogen (secondary N) is 2. The number of aliphatic imine (C=N–C) groups is 1. The van der Waals surface area contributed by atoms with Crippen molar-refractivity contribution < 1.29 is 9.59 Å². The van der Waals surface area contributed by atoms with Crippen LogP contribution >= 0.6 is 0 Å². The van der Waals surface area contributed by atoms with Crippen LogP contribution in [0, 0.1) is 29.6 Å². The predicted molar refractivity (Wildman–Crippen MR) is 118 cm³/mol. The molecule has 7 nitrogen and oxygen atoms in total. The first kappa shape index (κ1) is 21.3. The van der Waals surface area contributed by atoms with Crippen molar-refractivity contribution in [3.8, 4) is 0 Å². The minimum Gasteiger partial charge on any atom is -0.355 e. The molecule has 2 heterocycles. The highest BCUT2D eigenvalue weighted by atomic mass is 16.2. The fourth-order valence-corrected chi connectivity index (χ4v) is 5.84. The Hall–Kier alpha value is -1.89. The van der Waals surface area contributed by atoms with E-state index in [0.29, 0.717) is 19.0 Å². The molecule has 2 bridgehead atoms. The van der Waals surface area contributed by atoms with Crippen molar-refractivity contribution >= 4 is 17.8 Å². The highest BCUT2D eigenvalue weighted by molar-refractivity contribution is 6.06. The summed E-state index contributed by atoms with van der Waals surface area (Å²) in [7, 11) is 1.76. The topological polar surface area (TPSA) is 77.0 Å². The van der Waals surface area contributed by atoms with Gasteiger partial charge in [-0.25, -0.2) is 0 Å². The lowest BCUT2D eigenvalue weighted by atomic mass is 9.85. The monoisotopic (exact) mass is 415 g/mol. The Morgan fingerprint density at radius 2 is 1.83 bits per heavy atom. The molecule has 2 aliphatic heterocycles. The van der Waals surface area contributed by atoms with Crippen molar-refractivity contribution in [2.45, 2.75) is 45.6 Å². The molecule has 4 aliphatic rings. The maximum Gasteiger partial charge on any atom is 0.233 e. The lowest BCUT2D eigenvalue weighted by Crippen LogP contribution is -2.56. The Balaban J connectivity index is 1.24. The fraction of sp³-hybridized carbons (Fsp3) is 0.783. The Morgan fingerprint density at radius 3 is 2.43 bits per heavy atom. The second-order valence-electron chi connectivity index (χ2n) is 10.2. The maximum absolute atomic E-state index is 12.8. The van der Waals surface area contributed by atoms with Crippen LogP contribution in [0.3, 0.4) is 0 Å². The van der Waals surface area contributed by atoms with Crippen LogP contribution in [0.1, 0.15) is 40.0 Å². The van der Waals surface area contributed by atoms with Gasteiger partial charge >= 0.3 is 0 Å². The second kappa shape index (κ2) is 8.33. The van der Waals surface area contributed by atoms with E-state index in [9.17, 15) is 9.59 Å². The molecular formula is C23H37N5O2. The number of fused-ring (bicyclic) bond motifs is 5. The summed E-state index contributed by atoms with van der Waals surface area (Å²) in [6.45, 7) is 10.9. The van der Waals surface area contributed by atoms with E-state index in [4.69, 9.17) is 0 Å². The number of rotatable bonds is 6. The smallest absolute Gasteiger partial charge is 0.233 e. The third-order valence-corrected chi connectivity index (χ3v) is 7.61. The SMILES string of the molecule is CN=C(NCCN1C(=O)C2C3C=CC(C3)C2C1=O)NCC(C)(C)N1CCCC(C)C1. The van der Waals surface area contributed by atoms with Crippen LogP contribution in [0.2, 0.25) is 0 Å². The number of imide groups is 1. The molecule has 5 unspecified atom stereocenters. The minimum absolute atomic E-state index is 0.0203. The Morgan fingerprint density at radius 1 is 1.17 bits per heavy atom. The molecule has 7 heteroatoms. The van der Waals surface area contributed by atoms with Crippen LogP contribution in [0.25, 0.3) is 0 Å². The molecule has 2 saturated heterocycles. The van der Waals surface area contributed by atoms with E-state index in [1.165, 1.54) is 17.7 Å². The van der Waals surface area contributed by atoms with Crippen molar-refractivity contribution in [2.24, 2.45) is 34.6 Å². The van der Waals surface area contributed by atoms with Crippen LogP contribution in [0.5, 0.6) is 0 Å². The summed E-state index contributed by atoms with van der Waals surface area (Å²) in [5.74, 6) is 1.81. The third kappa shape index (κ3) is 3.88. The van der Waals surface area contributed by atoms with Crippen molar-refractivity contribution in [3.63, 3.8) is 0 Å². The number of likely N-dealkylation sites (tertiary alicyclic amines) is 2. The standard InChI is InChI=1S/C23H37N5O2/c1-15-6-5-10-27(13-15)23(2,3)14-26-22(24-4)25-9-11-28-20(29)18-16-7-8-17(12-16)19(18)21(28)30/h7-8,15-19H,5-6,9-14H2,1-4H3,(H2,24,25,26). The number of allylic oxidation sites excluding steroid dienone is 2. The average Bonchev–Trinajstić information content (AvgIpc) is 3.40. The highest BCUT2D eigenvalue weighted by Gasteiger charge is 2.58. The maximum atomic E-state index is 12.8. The normalized spacial score (nSPS) is 34.1. The van der Waals surface area contributed by atoms with Gasteiger partial charge in [-0.1, -0.05) is 19.1 Å². The molecule has 0 spiro atoms. The van der Waals surface area contributed by atoms with E-state index < -0.39 is 0 Å². The van der Waals surface area contributed by atoms with E-state index in [1.807, 2.05) is 0 Å². The molecule has 0 aromatic rings. The fourth-order valence-electron chi connectivity index (χ4n) is 5.84. The Kier molecular flexibility index (Phi) is 5.93. The van der Waals surface area contributed by atoms with Gasteiger partial charge in [0.15, 0.2) is 5.96 Å². The van der Waals surface area contributed by atoms with Gasteiger partial charge in [0.1, 0.15) is 0 Å². The quantitative estimate of drug-likeness (QED) is 0.297. The lowest BCUT2D eigenvalue weighted by Gasteiger charge is -2.43. The van der Waals surface area contributed by atoms with Crippen molar-refractivity contribution in [3.05, 3.63) is 12.2 Å². The summed E-state index contributed by atoms with van der Waals surface area (Å²) in [4.78, 5) is 33.9. The molecule has 166 valence electrons. The summed E-state index contributed by atoms with van der Waals surface area (Å²) < 4.78 is 0. The van der Waals surface area contributed by atoms with Crippen molar-refractivity contribution in [1.29, 1.82) is 0 Å². The van der Waals surface area contributed by atoms with Crippen LogP contribution in [-0.2, 0) is 9.59 Å². The van der Waals surface area contributed by atoms with Gasteiger partial charge in [-0.2, -0.15) is 0 Å². The number of piperidine rings is 1. The molecule has 30 heavy (non-hydrogen) atoms. The average molecular weight is 416 g/mol. The van der Waals surface area contributed by atoms with Gasteiger partial charge in [-0.15, -0.1) is 0 Å². The third-order valence-electron chi connectivity index (χ3n) is 7.61. The molecule has 1 saturated carbocycles. The molecule has 0 aromatic heterocycles. The first-order valence-electron chi connectivity index (χ1n) is 11.5. The number of guanidine groups is 1. The summed E-state index contributed by atoms with van der Waals surface area (Å²) in [6, 6.07) is 0. The number of amides is 2. The van der Waals surface area contributed by atoms with Gasteiger partial charge in [0.05, 0.1) is 11.8 Å². The van der Waals surface area contributed by atoms with Crippen LogP contribution < -0.4 is 10.6 Å². The van der Waals surface area contributed by atoms with Gasteiger partial charge in [0, 0.05) is 38.8 Å². The van der Waals surface area contributed by atoms with E-state index in [2.05, 4.69) is 53.4 Å². The molecule has 0 aromatic carbocycles. The summed E-state index contributed by atoms with van der Waals surface area (Å²) in [5.41, 5.74) is 0.0386. The first-order chi connectivity index (χ1) is 14.3. The van der Waals surface area contributed by atoms with E-state index in [0.717, 1.165) is 32.0 Å². The zero-order valence-corrected chi connectivity index (χ0v) is 18.9. The predicted octanol–water partition coefficient (Wildman–Crippen LogP) is 1.47. The molecule has 0 radical (unpaired) electrons. The number of carbonyl (C=O) groups excluding carboxylic acids is 2. The molecule has 3 fully saturated rings. The number of hydrogen-bond acceptors (Lipinski definition) is 4. The molecule has 2 N–H and O–H groups in total. The van der Waals surface area contributed by atoms with Crippen LogP contribution in [0.4, 0.5) is 0 Å². The van der Waals surface area contributed by atoms with Gasteiger partial charge in [0.2, 0.25) is 11.8 Å². The van der Waals surface area contributed by atoms with Gasteiger partial charge < -0.3 is 10.6 Å². The number of nitrogens with zero attached hydrogens (tertiary/aromatic N) is 3. The highest BCUT2D eigenvalue weighted by Crippen LogP contribution is 2.52. The molecular weight excluding hydrogens is 378 g/mol. The lowest BCUT2D eigenvalue weighted by molar-refractivity contribution is -0.140. The molecule has 2 amide bonds. The van der Waals surface area contributed by atoms with Gasteiger partial charge in [-0.05, 0) is 57.4 Å². The Labute approximate surface area is 180 Å². The molecule has 5 atom stereocenters. The summed E-state index contributed by atoms with van der Waals surface area (Å²) >= 11 is 0. The number of hydrogen-bond donors (Lipinski definition) is 2. The van der Waals surface area contributed by atoms with Crippen LogP contribution in [-0.4, -0.2) is 72.9 Å². The van der Waals surface area contributed by atoms with Gasteiger partial charge in [0.25, 0.3) is 0 Å². The first-order valence-corrected chi connectivity index (χ1v) is 11.5. The van der Waals surface area contributed by atoms with E-state index in [-0.39, 0.29) is 41.0 Å². The van der Waals surface area contributed by atoms with Crippen molar-refractivity contribution in [2.75, 3.05) is 39.8 Å². The van der Waals surface area contributed by atoms with E-state index >= 15 is 0 Å².